The fourth-order valence-corrected chi connectivity index (χ4v) is 3.56. The van der Waals surface area contributed by atoms with E-state index in [2.05, 4.69) is 6.92 Å². The van der Waals surface area contributed by atoms with Crippen molar-refractivity contribution in [2.24, 2.45) is 5.92 Å². The number of hydrogen-bond acceptors (Lipinski definition) is 4. The van der Waals surface area contributed by atoms with E-state index in [0.29, 0.717) is 12.3 Å². The Morgan fingerprint density at radius 3 is 2.74 bits per heavy atom. The molecule has 3 aliphatic rings. The van der Waals surface area contributed by atoms with E-state index in [1.807, 2.05) is 6.08 Å². The molecule has 0 bridgehead atoms. The lowest BCUT2D eigenvalue weighted by atomic mass is 9.86. The molecule has 2 unspecified atom stereocenters. The van der Waals surface area contributed by atoms with Crippen LogP contribution in [0.2, 0.25) is 0 Å². The van der Waals surface area contributed by atoms with Crippen molar-refractivity contribution in [3.05, 3.63) is 11.6 Å². The van der Waals surface area contributed by atoms with Crippen LogP contribution in [-0.2, 0) is 19.0 Å². The molecule has 4 nitrogen and oxygen atoms in total. The number of rotatable bonds is 1. The van der Waals surface area contributed by atoms with Crippen LogP contribution in [-0.4, -0.2) is 31.1 Å². The second-order valence-corrected chi connectivity index (χ2v) is 6.00. The number of hydrogen-bond donors (Lipinski definition) is 0. The molecule has 0 N–H and O–H groups in total. The first-order valence-electron chi connectivity index (χ1n) is 7.28. The van der Waals surface area contributed by atoms with Crippen LogP contribution in [0.3, 0.4) is 0 Å². The first-order chi connectivity index (χ1) is 9.13. The average molecular weight is 266 g/mol. The van der Waals surface area contributed by atoms with Gasteiger partial charge >= 0.3 is 5.97 Å². The molecule has 1 heterocycles. The second-order valence-electron chi connectivity index (χ2n) is 6.00. The summed E-state index contributed by atoms with van der Waals surface area (Å²) in [4.78, 5) is 11.7. The lowest BCUT2D eigenvalue weighted by Crippen LogP contribution is -2.35. The first kappa shape index (κ1) is 13.1. The quantitative estimate of drug-likeness (QED) is 0.684. The predicted molar refractivity (Wildman–Crippen MR) is 69.4 cm³/mol. The van der Waals surface area contributed by atoms with Crippen molar-refractivity contribution in [1.29, 1.82) is 0 Å². The molecule has 3 rings (SSSR count). The first-order valence-corrected chi connectivity index (χ1v) is 7.28. The molecule has 0 aromatic carbocycles. The standard InChI is InChI=1S/C15H22O4/c1-10-8-11(14(16)17-2)9-12-13(10)19-15(18-12)6-4-3-5-7-15/h9-10,12-13H,3-8H2,1-2H3/t10-,12?,13?/m1/s1. The van der Waals surface area contributed by atoms with Crippen LogP contribution < -0.4 is 0 Å². The number of fused-ring (bicyclic) bond motifs is 1. The third kappa shape index (κ3) is 2.32. The minimum Gasteiger partial charge on any atom is -0.466 e. The van der Waals surface area contributed by atoms with Gasteiger partial charge in [-0.1, -0.05) is 13.3 Å². The van der Waals surface area contributed by atoms with Gasteiger partial charge in [0.25, 0.3) is 0 Å². The van der Waals surface area contributed by atoms with E-state index < -0.39 is 0 Å². The van der Waals surface area contributed by atoms with Gasteiger partial charge in [0.2, 0.25) is 0 Å². The van der Waals surface area contributed by atoms with Gasteiger partial charge in [0.15, 0.2) is 5.79 Å². The van der Waals surface area contributed by atoms with Crippen LogP contribution in [0.15, 0.2) is 11.6 Å². The third-order valence-electron chi connectivity index (χ3n) is 4.56. The Labute approximate surface area is 114 Å². The fourth-order valence-electron chi connectivity index (χ4n) is 3.56. The van der Waals surface area contributed by atoms with Crippen molar-refractivity contribution in [2.45, 2.75) is 63.4 Å². The number of ether oxygens (including phenoxy) is 3. The van der Waals surface area contributed by atoms with E-state index in [0.717, 1.165) is 18.4 Å². The molecule has 1 aliphatic heterocycles. The smallest absolute Gasteiger partial charge is 0.333 e. The highest BCUT2D eigenvalue weighted by Gasteiger charge is 2.50. The highest BCUT2D eigenvalue weighted by atomic mass is 16.8. The third-order valence-corrected chi connectivity index (χ3v) is 4.56. The summed E-state index contributed by atoms with van der Waals surface area (Å²) in [6, 6.07) is 0. The van der Waals surface area contributed by atoms with E-state index in [1.165, 1.54) is 26.4 Å². The second kappa shape index (κ2) is 4.91. The van der Waals surface area contributed by atoms with Gasteiger partial charge in [0.1, 0.15) is 6.10 Å². The summed E-state index contributed by atoms with van der Waals surface area (Å²) in [7, 11) is 1.43. The van der Waals surface area contributed by atoms with E-state index >= 15 is 0 Å². The number of carbonyl (C=O) groups is 1. The summed E-state index contributed by atoms with van der Waals surface area (Å²) in [5, 5.41) is 0. The molecule has 2 aliphatic carbocycles. The van der Waals surface area contributed by atoms with Gasteiger partial charge in [-0.2, -0.15) is 0 Å². The normalized spacial score (nSPS) is 36.7. The van der Waals surface area contributed by atoms with E-state index in [4.69, 9.17) is 14.2 Å². The fraction of sp³-hybridized carbons (Fsp3) is 0.800. The summed E-state index contributed by atoms with van der Waals surface area (Å²) in [5.41, 5.74) is 0.729. The van der Waals surface area contributed by atoms with Crippen LogP contribution in [0.4, 0.5) is 0 Å². The summed E-state index contributed by atoms with van der Waals surface area (Å²) < 4.78 is 17.3. The van der Waals surface area contributed by atoms with Crippen molar-refractivity contribution >= 4 is 5.97 Å². The number of carbonyl (C=O) groups excluding carboxylic acids is 1. The topological polar surface area (TPSA) is 44.8 Å². The number of methoxy groups -OCH3 is 1. The van der Waals surface area contributed by atoms with Gasteiger partial charge < -0.3 is 14.2 Å². The maximum atomic E-state index is 11.7. The van der Waals surface area contributed by atoms with Crippen molar-refractivity contribution in [3.63, 3.8) is 0 Å². The average Bonchev–Trinajstić information content (AvgIpc) is 2.77. The van der Waals surface area contributed by atoms with Crippen molar-refractivity contribution in [1.82, 2.24) is 0 Å². The molecule has 1 spiro atoms. The molecule has 1 saturated heterocycles. The Morgan fingerprint density at radius 2 is 2.05 bits per heavy atom. The van der Waals surface area contributed by atoms with Crippen LogP contribution >= 0.6 is 0 Å². The zero-order valence-electron chi connectivity index (χ0n) is 11.7. The van der Waals surface area contributed by atoms with Gasteiger partial charge in [0.05, 0.1) is 13.2 Å². The molecule has 106 valence electrons. The van der Waals surface area contributed by atoms with Gasteiger partial charge in [0, 0.05) is 18.4 Å². The summed E-state index contributed by atoms with van der Waals surface area (Å²) in [6.45, 7) is 2.12. The summed E-state index contributed by atoms with van der Waals surface area (Å²) in [5.74, 6) is -0.326. The summed E-state index contributed by atoms with van der Waals surface area (Å²) in [6.07, 6.45) is 8.20. The van der Waals surface area contributed by atoms with Gasteiger partial charge in [-0.25, -0.2) is 4.79 Å². The highest BCUT2D eigenvalue weighted by molar-refractivity contribution is 5.88. The molecule has 0 radical (unpaired) electrons. The van der Waals surface area contributed by atoms with Gasteiger partial charge in [-0.15, -0.1) is 0 Å². The van der Waals surface area contributed by atoms with Gasteiger partial charge in [-0.3, -0.25) is 0 Å². The molecule has 3 atom stereocenters. The molecule has 2 fully saturated rings. The minimum absolute atomic E-state index is 0.0871. The summed E-state index contributed by atoms with van der Waals surface area (Å²) >= 11 is 0. The van der Waals surface area contributed by atoms with E-state index in [-0.39, 0.29) is 24.0 Å². The van der Waals surface area contributed by atoms with E-state index in [9.17, 15) is 4.79 Å². The zero-order chi connectivity index (χ0) is 13.5. The monoisotopic (exact) mass is 266 g/mol. The Balaban J connectivity index is 1.80. The molecular weight excluding hydrogens is 244 g/mol. The largest absolute Gasteiger partial charge is 0.466 e. The Bertz CT molecular complexity index is 395. The van der Waals surface area contributed by atoms with Crippen LogP contribution in [0.5, 0.6) is 0 Å². The zero-order valence-corrected chi connectivity index (χ0v) is 11.7. The maximum absolute atomic E-state index is 11.7. The lowest BCUT2D eigenvalue weighted by molar-refractivity contribution is -0.194. The van der Waals surface area contributed by atoms with Crippen molar-refractivity contribution in [3.8, 4) is 0 Å². The lowest BCUT2D eigenvalue weighted by Gasteiger charge is -2.32. The Kier molecular flexibility index (Phi) is 3.39. The molecular formula is C15H22O4. The number of esters is 1. The molecule has 0 amide bonds. The Morgan fingerprint density at radius 1 is 1.32 bits per heavy atom. The predicted octanol–water partition coefficient (Wildman–Crippen LogP) is 2.57. The highest BCUT2D eigenvalue weighted by Crippen LogP contribution is 2.45. The molecule has 19 heavy (non-hydrogen) atoms. The molecule has 1 saturated carbocycles. The maximum Gasteiger partial charge on any atom is 0.333 e. The van der Waals surface area contributed by atoms with Crippen molar-refractivity contribution < 1.29 is 19.0 Å². The molecule has 4 heteroatoms. The minimum atomic E-state index is -0.385. The SMILES string of the molecule is COC(=O)C1=CC2OC3(CCCCC3)OC2[C@H](C)C1. The van der Waals surface area contributed by atoms with Crippen molar-refractivity contribution in [2.75, 3.05) is 7.11 Å². The van der Waals surface area contributed by atoms with E-state index in [1.54, 1.807) is 0 Å². The van der Waals surface area contributed by atoms with Crippen LogP contribution in [0, 0.1) is 5.92 Å². The molecule has 0 aromatic heterocycles. The van der Waals surface area contributed by atoms with Gasteiger partial charge in [-0.05, 0) is 31.3 Å². The van der Waals surface area contributed by atoms with Crippen LogP contribution in [0.25, 0.3) is 0 Å². The Hall–Kier alpha value is -0.870. The van der Waals surface area contributed by atoms with Crippen LogP contribution in [0.1, 0.15) is 45.4 Å². The molecule has 0 aromatic rings.